The molecule has 1 N–H and O–H groups in total. The van der Waals surface area contributed by atoms with Gasteiger partial charge in [-0.1, -0.05) is 19.4 Å². The molecule has 0 unspecified atom stereocenters. The maximum absolute atomic E-state index is 5.61. The van der Waals surface area contributed by atoms with Gasteiger partial charge in [-0.3, -0.25) is 4.99 Å². The predicted molar refractivity (Wildman–Crippen MR) is 89.9 cm³/mol. The number of hydrogen-bond acceptors (Lipinski definition) is 3. The van der Waals surface area contributed by atoms with Gasteiger partial charge in [0, 0.05) is 31.1 Å². The summed E-state index contributed by atoms with van der Waals surface area (Å²) in [5, 5.41) is 3.66. The van der Waals surface area contributed by atoms with Crippen molar-refractivity contribution in [3.8, 4) is 0 Å². The summed E-state index contributed by atoms with van der Waals surface area (Å²) in [6, 6.07) is 0.658. The van der Waals surface area contributed by atoms with Crippen LogP contribution in [0.5, 0.6) is 0 Å². The summed E-state index contributed by atoms with van der Waals surface area (Å²) in [4.78, 5) is 4.46. The Bertz CT molecular complexity index is 383. The van der Waals surface area contributed by atoms with E-state index in [-0.39, 0.29) is 5.60 Å². The molecule has 0 amide bonds. The van der Waals surface area contributed by atoms with E-state index in [1.165, 1.54) is 44.9 Å². The third-order valence-corrected chi connectivity index (χ3v) is 5.02. The first kappa shape index (κ1) is 16.7. The average Bonchev–Trinajstić information content (AvgIpc) is 2.41. The molecule has 0 aromatic heterocycles. The highest BCUT2D eigenvalue weighted by Gasteiger charge is 2.40. The smallest absolute Gasteiger partial charge is 0.0975 e. The third-order valence-electron chi connectivity index (χ3n) is 5.02. The maximum Gasteiger partial charge on any atom is 0.0975 e. The van der Waals surface area contributed by atoms with E-state index in [1.54, 1.807) is 0 Å². The molecule has 0 heterocycles. The van der Waals surface area contributed by atoms with Crippen LogP contribution in [-0.4, -0.2) is 31.0 Å². The molecule has 2 aliphatic rings. The Morgan fingerprint density at radius 1 is 1.38 bits per heavy atom. The lowest BCUT2D eigenvalue weighted by Gasteiger charge is -2.48. The van der Waals surface area contributed by atoms with E-state index >= 15 is 0 Å². The summed E-state index contributed by atoms with van der Waals surface area (Å²) in [6.45, 7) is 11.6. The summed E-state index contributed by atoms with van der Waals surface area (Å²) in [5.41, 5.74) is 1.28. The topological polar surface area (TPSA) is 33.6 Å². The van der Waals surface area contributed by atoms with Gasteiger partial charge in [-0.05, 0) is 58.3 Å². The SMILES string of the molecule is C=C(CN[C@@H]1CCCC2(CCC2)C1)N=CC(C)(C)OCC. The molecule has 0 aliphatic heterocycles. The van der Waals surface area contributed by atoms with Gasteiger partial charge in [0.2, 0.25) is 0 Å². The first-order chi connectivity index (χ1) is 9.95. The third kappa shape index (κ3) is 4.93. The van der Waals surface area contributed by atoms with Gasteiger partial charge in [-0.25, -0.2) is 0 Å². The molecule has 21 heavy (non-hydrogen) atoms. The normalized spacial score (nSPS) is 25.2. The summed E-state index contributed by atoms with van der Waals surface area (Å²) >= 11 is 0. The highest BCUT2D eigenvalue weighted by atomic mass is 16.5. The molecule has 1 spiro atoms. The van der Waals surface area contributed by atoms with E-state index < -0.39 is 0 Å². The maximum atomic E-state index is 5.61. The Labute approximate surface area is 130 Å². The lowest BCUT2D eigenvalue weighted by molar-refractivity contribution is 0.0478. The van der Waals surface area contributed by atoms with E-state index in [4.69, 9.17) is 4.74 Å². The van der Waals surface area contributed by atoms with E-state index in [1.807, 2.05) is 27.0 Å². The molecule has 0 radical (unpaired) electrons. The van der Waals surface area contributed by atoms with Crippen molar-refractivity contribution in [2.75, 3.05) is 13.2 Å². The molecule has 0 saturated heterocycles. The van der Waals surface area contributed by atoms with Crippen molar-refractivity contribution < 1.29 is 4.74 Å². The highest BCUT2D eigenvalue weighted by molar-refractivity contribution is 5.68. The molecule has 3 nitrogen and oxygen atoms in total. The van der Waals surface area contributed by atoms with E-state index in [0.29, 0.717) is 18.1 Å². The second-order valence-corrected chi connectivity index (χ2v) is 7.39. The Hall–Kier alpha value is -0.670. The number of ether oxygens (including phenoxy) is 1. The molecule has 3 heteroatoms. The Morgan fingerprint density at radius 2 is 2.10 bits per heavy atom. The second kappa shape index (κ2) is 7.06. The van der Waals surface area contributed by atoms with Gasteiger partial charge in [0.25, 0.3) is 0 Å². The van der Waals surface area contributed by atoms with Crippen LogP contribution >= 0.6 is 0 Å². The molecule has 0 aromatic rings. The van der Waals surface area contributed by atoms with Gasteiger partial charge in [0.05, 0.1) is 5.60 Å². The Morgan fingerprint density at radius 3 is 2.71 bits per heavy atom. The van der Waals surface area contributed by atoms with E-state index in [9.17, 15) is 0 Å². The van der Waals surface area contributed by atoms with Crippen LogP contribution in [0.15, 0.2) is 17.3 Å². The minimum absolute atomic E-state index is 0.307. The van der Waals surface area contributed by atoms with E-state index in [2.05, 4.69) is 16.9 Å². The van der Waals surface area contributed by atoms with Crippen molar-refractivity contribution >= 4 is 6.21 Å². The monoisotopic (exact) mass is 292 g/mol. The molecule has 0 bridgehead atoms. The molecule has 2 rings (SSSR count). The zero-order valence-electron chi connectivity index (χ0n) is 14.1. The molecule has 2 fully saturated rings. The van der Waals surface area contributed by atoms with Gasteiger partial charge < -0.3 is 10.1 Å². The molecule has 1 atom stereocenters. The van der Waals surface area contributed by atoms with Gasteiger partial charge >= 0.3 is 0 Å². The van der Waals surface area contributed by atoms with E-state index in [0.717, 1.165) is 12.2 Å². The van der Waals surface area contributed by atoms with Crippen LogP contribution in [-0.2, 0) is 4.74 Å². The molecular formula is C18H32N2O. The number of nitrogens with one attached hydrogen (secondary N) is 1. The number of hydrogen-bond donors (Lipinski definition) is 1. The summed E-state index contributed by atoms with van der Waals surface area (Å²) in [7, 11) is 0. The standard InChI is InChI=1S/C18H32N2O/c1-5-21-17(3,4)14-20-15(2)13-19-16-8-6-9-18(12-16)10-7-11-18/h14,16,19H,2,5-13H2,1,3-4H3/t16-/m1/s1. The average molecular weight is 292 g/mol. The Balaban J connectivity index is 1.72. The van der Waals surface area contributed by atoms with Crippen molar-refractivity contribution in [1.82, 2.24) is 5.32 Å². The highest BCUT2D eigenvalue weighted by Crippen LogP contribution is 2.51. The summed E-state index contributed by atoms with van der Waals surface area (Å²) in [6.07, 6.45) is 11.7. The summed E-state index contributed by atoms with van der Waals surface area (Å²) in [5.74, 6) is 0. The first-order valence-corrected chi connectivity index (χ1v) is 8.55. The Kier molecular flexibility index (Phi) is 5.61. The fourth-order valence-electron chi connectivity index (χ4n) is 3.72. The van der Waals surface area contributed by atoms with Crippen LogP contribution in [0.4, 0.5) is 0 Å². The fraction of sp³-hybridized carbons (Fsp3) is 0.833. The zero-order chi connectivity index (χ0) is 15.3. The van der Waals surface area contributed by atoms with Crippen LogP contribution in [0.25, 0.3) is 0 Å². The lowest BCUT2D eigenvalue weighted by Crippen LogP contribution is -2.43. The van der Waals surface area contributed by atoms with Crippen LogP contribution < -0.4 is 5.32 Å². The lowest BCUT2D eigenvalue weighted by atomic mass is 9.60. The molecule has 120 valence electrons. The number of nitrogens with zero attached hydrogens (tertiary/aromatic N) is 1. The number of rotatable bonds is 7. The first-order valence-electron chi connectivity index (χ1n) is 8.55. The molecule has 2 saturated carbocycles. The minimum atomic E-state index is -0.307. The largest absolute Gasteiger partial charge is 0.370 e. The predicted octanol–water partition coefficient (Wildman–Crippen LogP) is 4.09. The van der Waals surface area contributed by atoms with Crippen LogP contribution in [0.3, 0.4) is 0 Å². The van der Waals surface area contributed by atoms with Crippen LogP contribution in [0.2, 0.25) is 0 Å². The number of aliphatic imine (C=N–C) groups is 1. The van der Waals surface area contributed by atoms with Crippen molar-refractivity contribution in [2.24, 2.45) is 10.4 Å². The molecule has 0 aromatic carbocycles. The molecule has 2 aliphatic carbocycles. The van der Waals surface area contributed by atoms with Crippen molar-refractivity contribution in [1.29, 1.82) is 0 Å². The molecular weight excluding hydrogens is 260 g/mol. The fourth-order valence-corrected chi connectivity index (χ4v) is 3.72. The van der Waals surface area contributed by atoms with Gasteiger partial charge in [-0.2, -0.15) is 0 Å². The van der Waals surface area contributed by atoms with Crippen molar-refractivity contribution in [3.05, 3.63) is 12.3 Å². The van der Waals surface area contributed by atoms with Crippen molar-refractivity contribution in [2.45, 2.75) is 77.4 Å². The van der Waals surface area contributed by atoms with Gasteiger partial charge in [0.15, 0.2) is 0 Å². The minimum Gasteiger partial charge on any atom is -0.370 e. The van der Waals surface area contributed by atoms with Crippen LogP contribution in [0.1, 0.15) is 65.7 Å². The second-order valence-electron chi connectivity index (χ2n) is 7.39. The van der Waals surface area contributed by atoms with Crippen LogP contribution in [0, 0.1) is 5.41 Å². The summed E-state index contributed by atoms with van der Waals surface area (Å²) < 4.78 is 5.61. The van der Waals surface area contributed by atoms with Gasteiger partial charge in [-0.15, -0.1) is 0 Å². The quantitative estimate of drug-likeness (QED) is 0.717. The van der Waals surface area contributed by atoms with Gasteiger partial charge in [0.1, 0.15) is 0 Å². The zero-order valence-corrected chi connectivity index (χ0v) is 14.1. The van der Waals surface area contributed by atoms with Crippen molar-refractivity contribution in [3.63, 3.8) is 0 Å².